The summed E-state index contributed by atoms with van der Waals surface area (Å²) in [7, 11) is 0. The molecule has 6 nitrogen and oxygen atoms in total. The topological polar surface area (TPSA) is 74.8 Å². The van der Waals surface area contributed by atoms with Crippen molar-refractivity contribution in [1.29, 1.82) is 0 Å². The number of thioether (sulfide) groups is 2. The van der Waals surface area contributed by atoms with E-state index < -0.39 is 0 Å². The molecule has 7 aromatic rings. The van der Waals surface area contributed by atoms with Gasteiger partial charge in [-0.3, -0.25) is 19.2 Å². The Bertz CT molecular complexity index is 2810. The van der Waals surface area contributed by atoms with Crippen molar-refractivity contribution >= 4 is 102 Å². The second-order valence-electron chi connectivity index (χ2n) is 23.3. The van der Waals surface area contributed by atoms with Gasteiger partial charge in [0, 0.05) is 42.8 Å². The second-order valence-corrected chi connectivity index (χ2v) is 25.7. The van der Waals surface area contributed by atoms with Crippen molar-refractivity contribution in [3.63, 3.8) is 0 Å². The average Bonchev–Trinajstić information content (AvgIpc) is 3.61. The number of hydrogen-bond donors (Lipinski definition) is 0. The number of nitrogens with zero attached hydrogens (tertiary/aromatic N) is 2. The van der Waals surface area contributed by atoms with Gasteiger partial charge in [-0.05, 0) is 129 Å². The van der Waals surface area contributed by atoms with E-state index in [2.05, 4.69) is 13.8 Å². The quantitative estimate of drug-likeness (QED) is 0.0126. The first-order chi connectivity index (χ1) is 39.4. The maximum atomic E-state index is 14.5. The molecule has 0 fully saturated rings. The molecule has 0 spiro atoms. The molecule has 424 valence electrons. The van der Waals surface area contributed by atoms with Gasteiger partial charge in [0.15, 0.2) is 0 Å². The van der Waals surface area contributed by atoms with E-state index in [9.17, 15) is 19.2 Å². The Hall–Kier alpha value is -5.18. The molecule has 8 heteroatoms. The Labute approximate surface area is 487 Å². The maximum Gasteiger partial charge on any atom is 0.265 e. The third-order valence-electron chi connectivity index (χ3n) is 17.4. The molecule has 80 heavy (non-hydrogen) atoms. The minimum Gasteiger partial charge on any atom is -0.268 e. The first-order valence-electron chi connectivity index (χ1n) is 31.8. The van der Waals surface area contributed by atoms with Crippen LogP contribution in [0.15, 0.2) is 107 Å². The lowest BCUT2D eigenvalue weighted by Gasteiger charge is -2.30. The molecule has 0 aliphatic carbocycles. The van der Waals surface area contributed by atoms with Crippen molar-refractivity contribution in [2.45, 2.75) is 229 Å². The third-order valence-corrected chi connectivity index (χ3v) is 19.6. The summed E-state index contributed by atoms with van der Waals surface area (Å²) in [5.41, 5.74) is 3.08. The summed E-state index contributed by atoms with van der Waals surface area (Å²) in [5.74, 6) is 0.751. The molecule has 0 bridgehead atoms. The number of carbonyl (C=O) groups excluding carboxylic acids is 4. The van der Waals surface area contributed by atoms with E-state index in [0.29, 0.717) is 44.4 Å². The largest absolute Gasteiger partial charge is 0.268 e. The summed E-state index contributed by atoms with van der Waals surface area (Å²) in [6.45, 7) is 4.57. The van der Waals surface area contributed by atoms with Crippen molar-refractivity contribution in [2.75, 3.05) is 21.3 Å². The van der Waals surface area contributed by atoms with Crippen LogP contribution in [0.1, 0.15) is 261 Å². The fourth-order valence-electron chi connectivity index (χ4n) is 12.8. The number of amides is 4. The highest BCUT2D eigenvalue weighted by Gasteiger charge is 2.38. The molecule has 0 N–H and O–H groups in total. The summed E-state index contributed by atoms with van der Waals surface area (Å²) in [6.07, 6.45) is 43.6. The number of fused-ring (bicyclic) bond motifs is 2. The van der Waals surface area contributed by atoms with E-state index in [1.54, 1.807) is 0 Å². The zero-order valence-corrected chi connectivity index (χ0v) is 50.3. The van der Waals surface area contributed by atoms with E-state index in [0.717, 1.165) is 53.6 Å². The highest BCUT2D eigenvalue weighted by atomic mass is 32.2. The van der Waals surface area contributed by atoms with Crippen LogP contribution >= 0.6 is 23.5 Å². The number of carbonyl (C=O) groups is 4. The van der Waals surface area contributed by atoms with Crippen LogP contribution in [0.4, 0.5) is 11.4 Å². The van der Waals surface area contributed by atoms with Gasteiger partial charge in [-0.15, -0.1) is 23.5 Å². The molecule has 0 unspecified atom stereocenters. The van der Waals surface area contributed by atoms with Crippen LogP contribution in [0.25, 0.3) is 43.1 Å². The molecule has 0 saturated carbocycles. The fraction of sp³-hybridized carbons (Fsp3) is 0.500. The van der Waals surface area contributed by atoms with Crippen molar-refractivity contribution in [3.05, 3.63) is 119 Å². The molecule has 7 aromatic carbocycles. The summed E-state index contributed by atoms with van der Waals surface area (Å²) >= 11 is 3.68. The van der Waals surface area contributed by atoms with Gasteiger partial charge in [0.1, 0.15) is 0 Å². The van der Waals surface area contributed by atoms with Crippen LogP contribution in [0, 0.1) is 0 Å². The van der Waals surface area contributed by atoms with Gasteiger partial charge < -0.3 is 0 Å². The van der Waals surface area contributed by atoms with Gasteiger partial charge in [-0.1, -0.05) is 231 Å². The Balaban J connectivity index is 0.754. The Morgan fingerprint density at radius 3 is 0.725 bits per heavy atom. The van der Waals surface area contributed by atoms with Gasteiger partial charge in [0.05, 0.1) is 11.4 Å². The summed E-state index contributed by atoms with van der Waals surface area (Å²) in [6, 6.07) is 31.0. The van der Waals surface area contributed by atoms with Crippen LogP contribution < -0.4 is 9.80 Å². The minimum atomic E-state index is -0.339. The average molecular weight is 1110 g/mol. The fourth-order valence-corrected chi connectivity index (χ4v) is 14.6. The van der Waals surface area contributed by atoms with Crippen LogP contribution in [0.2, 0.25) is 0 Å². The number of unbranched alkanes of at least 4 members (excludes halogenated alkanes) is 30. The molecular weight excluding hydrogens is 1020 g/mol. The van der Waals surface area contributed by atoms with E-state index in [-0.39, 0.29) is 23.6 Å². The minimum absolute atomic E-state index is 0.339. The lowest BCUT2D eigenvalue weighted by atomic mass is 9.82. The second kappa shape index (κ2) is 30.8. The van der Waals surface area contributed by atoms with E-state index in [1.807, 2.05) is 121 Å². The highest BCUT2D eigenvalue weighted by molar-refractivity contribution is 7.99. The van der Waals surface area contributed by atoms with E-state index >= 15 is 0 Å². The van der Waals surface area contributed by atoms with Crippen molar-refractivity contribution < 1.29 is 19.2 Å². The number of imide groups is 2. The molecule has 9 rings (SSSR count). The Kier molecular flexibility index (Phi) is 22.9. The number of rotatable bonds is 38. The first kappa shape index (κ1) is 59.4. The molecule has 0 radical (unpaired) electrons. The number of hydrogen-bond acceptors (Lipinski definition) is 6. The van der Waals surface area contributed by atoms with Crippen LogP contribution in [-0.4, -0.2) is 35.1 Å². The monoisotopic (exact) mass is 1110 g/mol. The van der Waals surface area contributed by atoms with Gasteiger partial charge in [0.25, 0.3) is 23.6 Å². The summed E-state index contributed by atoms with van der Waals surface area (Å²) in [4.78, 5) is 62.8. The maximum absolute atomic E-state index is 14.5. The predicted octanol–water partition coefficient (Wildman–Crippen LogP) is 22.0. The smallest absolute Gasteiger partial charge is 0.265 e. The molecule has 2 heterocycles. The van der Waals surface area contributed by atoms with Gasteiger partial charge in [-0.25, -0.2) is 9.80 Å². The summed E-state index contributed by atoms with van der Waals surface area (Å²) in [5, 5.41) is 6.53. The SMILES string of the molecule is CCCCCCCCCCCCCCCCCCSc1ccc(N2C(=O)c3ccc4c5ccc6c7c(ccc(c8ccc(c3c48)C2=O)c75)C(=O)N(c2ccc(SCCCCCCCCCCCCCCCCCC)cc2)C6=O)cc1. The molecule has 4 amide bonds. The van der Waals surface area contributed by atoms with Crippen LogP contribution in [0.5, 0.6) is 0 Å². The molecular formula is C72H90N2O4S2. The molecule has 0 atom stereocenters. The third kappa shape index (κ3) is 14.5. The zero-order chi connectivity index (χ0) is 55.5. The van der Waals surface area contributed by atoms with Crippen LogP contribution in [-0.2, 0) is 0 Å². The highest BCUT2D eigenvalue weighted by Crippen LogP contribution is 2.47. The van der Waals surface area contributed by atoms with Gasteiger partial charge >= 0.3 is 0 Å². The van der Waals surface area contributed by atoms with Crippen molar-refractivity contribution in [1.82, 2.24) is 0 Å². The number of benzene rings is 7. The van der Waals surface area contributed by atoms with Crippen molar-refractivity contribution in [2.24, 2.45) is 0 Å². The van der Waals surface area contributed by atoms with Crippen LogP contribution in [0.3, 0.4) is 0 Å². The molecule has 2 aliphatic heterocycles. The number of anilines is 2. The van der Waals surface area contributed by atoms with Crippen molar-refractivity contribution in [3.8, 4) is 0 Å². The van der Waals surface area contributed by atoms with Gasteiger partial charge in [-0.2, -0.15) is 0 Å². The van der Waals surface area contributed by atoms with Gasteiger partial charge in [0.2, 0.25) is 0 Å². The normalized spacial score (nSPS) is 13.5. The van der Waals surface area contributed by atoms with E-state index in [4.69, 9.17) is 0 Å². The zero-order valence-electron chi connectivity index (χ0n) is 48.6. The Morgan fingerprint density at radius 1 is 0.263 bits per heavy atom. The molecule has 0 saturated heterocycles. The summed E-state index contributed by atoms with van der Waals surface area (Å²) < 4.78 is 0. The van der Waals surface area contributed by atoms with E-state index in [1.165, 1.54) is 215 Å². The lowest BCUT2D eigenvalue weighted by Crippen LogP contribution is -2.40. The predicted molar refractivity (Wildman–Crippen MR) is 343 cm³/mol. The standard InChI is InChI=1S/C72H90N2O4S2/c1-3-5-7-9-11-13-15-17-19-21-23-25-27-29-31-33-51-79-55-39-35-53(36-40-55)73-69(75)61-47-43-57-59-45-49-63-68-64(50-46-60(66(59)68)58-44-48-62(70(73)76)67(61)65(57)58)72(78)74(71(63)77)54-37-41-56(42-38-54)80-52-34-32-30-28-26-24-22-20-18-16-14-12-10-8-6-4-2/h35-50H,3-34,51-52H2,1-2H3. The molecule has 0 aromatic heterocycles. The Morgan fingerprint density at radius 2 is 0.487 bits per heavy atom. The molecule has 2 aliphatic rings. The first-order valence-corrected chi connectivity index (χ1v) is 33.8. The lowest BCUT2D eigenvalue weighted by molar-refractivity contribution is 0.0877.